The van der Waals surface area contributed by atoms with Crippen molar-refractivity contribution >= 4 is 17.2 Å². The minimum Gasteiger partial charge on any atom is -0.493 e. The number of hydrogen-bond acceptors (Lipinski definition) is 8. The van der Waals surface area contributed by atoms with Gasteiger partial charge in [0.15, 0.2) is 11.5 Å². The summed E-state index contributed by atoms with van der Waals surface area (Å²) in [6.45, 7) is 2.99. The van der Waals surface area contributed by atoms with Gasteiger partial charge in [0, 0.05) is 12.5 Å². The number of nitrogens with zero attached hydrogens (tertiary/aromatic N) is 3. The molecule has 1 aliphatic heterocycles. The second-order valence-electron chi connectivity index (χ2n) is 8.12. The van der Waals surface area contributed by atoms with Crippen molar-refractivity contribution in [2.24, 2.45) is 5.92 Å². The van der Waals surface area contributed by atoms with Crippen LogP contribution in [-0.4, -0.2) is 54.8 Å². The lowest BCUT2D eigenvalue weighted by Crippen LogP contribution is -2.40. The monoisotopic (exact) mass is 470 g/mol. The zero-order chi connectivity index (χ0) is 23.0. The van der Waals surface area contributed by atoms with Crippen LogP contribution in [0.2, 0.25) is 0 Å². The summed E-state index contributed by atoms with van der Waals surface area (Å²) < 4.78 is 16.0. The molecule has 0 spiro atoms. The number of hydrogen-bond donors (Lipinski definition) is 1. The Balaban J connectivity index is 1.15. The maximum absolute atomic E-state index is 12.6. The van der Waals surface area contributed by atoms with E-state index in [1.807, 2.05) is 35.7 Å². The first-order valence-corrected chi connectivity index (χ1v) is 12.1. The first kappa shape index (κ1) is 23.3. The number of nitrogens with one attached hydrogen (secondary N) is 1. The van der Waals surface area contributed by atoms with Gasteiger partial charge in [-0.25, -0.2) is 0 Å². The standard InChI is InChI=1S/C24H30N4O4S/c1-30-19-8-7-17(15-20(19)31-2)5-3-11-25-24(29)18-9-12-28(13-10-18)16-22-26-23(27-32-22)21-6-4-14-33-21/h4,6-8,14-15,18H,3,5,9-13,16H2,1-2H3,(H,25,29). The molecule has 4 rings (SSSR count). The van der Waals surface area contributed by atoms with Gasteiger partial charge >= 0.3 is 0 Å². The van der Waals surface area contributed by atoms with E-state index in [9.17, 15) is 4.79 Å². The van der Waals surface area contributed by atoms with Crippen molar-refractivity contribution in [1.82, 2.24) is 20.4 Å². The van der Waals surface area contributed by atoms with Crippen molar-refractivity contribution in [3.05, 3.63) is 47.2 Å². The number of carbonyl (C=O) groups is 1. The van der Waals surface area contributed by atoms with Gasteiger partial charge in [0.1, 0.15) is 0 Å². The maximum atomic E-state index is 12.6. The van der Waals surface area contributed by atoms with E-state index >= 15 is 0 Å². The molecule has 1 N–H and O–H groups in total. The van der Waals surface area contributed by atoms with Gasteiger partial charge in [-0.3, -0.25) is 9.69 Å². The molecule has 0 radical (unpaired) electrons. The minimum absolute atomic E-state index is 0.0618. The number of carbonyl (C=O) groups excluding carboxylic acids is 1. The van der Waals surface area contributed by atoms with Crippen LogP contribution in [0.25, 0.3) is 10.7 Å². The van der Waals surface area contributed by atoms with E-state index in [0.29, 0.717) is 24.8 Å². The smallest absolute Gasteiger partial charge is 0.241 e. The first-order chi connectivity index (χ1) is 16.2. The Morgan fingerprint density at radius 3 is 2.76 bits per heavy atom. The number of piperidine rings is 1. The summed E-state index contributed by atoms with van der Waals surface area (Å²) in [4.78, 5) is 20.4. The third-order valence-electron chi connectivity index (χ3n) is 5.92. The summed E-state index contributed by atoms with van der Waals surface area (Å²) >= 11 is 1.59. The zero-order valence-electron chi connectivity index (χ0n) is 19.1. The van der Waals surface area contributed by atoms with Gasteiger partial charge in [-0.2, -0.15) is 4.98 Å². The molecular weight excluding hydrogens is 440 g/mol. The Kier molecular flexibility index (Phi) is 7.96. The van der Waals surface area contributed by atoms with Crippen LogP contribution in [0.5, 0.6) is 11.5 Å². The SMILES string of the molecule is COc1ccc(CCCNC(=O)C2CCN(Cc3nc(-c4cccs4)no3)CC2)cc1OC. The molecule has 0 aliphatic carbocycles. The van der Waals surface area contributed by atoms with E-state index in [1.54, 1.807) is 25.6 Å². The molecule has 0 unspecified atom stereocenters. The Bertz CT molecular complexity index is 1030. The average molecular weight is 471 g/mol. The van der Waals surface area contributed by atoms with Gasteiger partial charge in [0.2, 0.25) is 17.6 Å². The summed E-state index contributed by atoms with van der Waals surface area (Å²) in [6.07, 6.45) is 3.43. The topological polar surface area (TPSA) is 89.7 Å². The fourth-order valence-corrected chi connectivity index (χ4v) is 4.70. The molecule has 8 nitrogen and oxygen atoms in total. The lowest BCUT2D eigenvalue weighted by atomic mass is 9.96. The number of amides is 1. The zero-order valence-corrected chi connectivity index (χ0v) is 19.9. The van der Waals surface area contributed by atoms with Crippen molar-refractivity contribution in [3.8, 4) is 22.2 Å². The third-order valence-corrected chi connectivity index (χ3v) is 6.78. The van der Waals surface area contributed by atoms with Crippen molar-refractivity contribution in [2.75, 3.05) is 33.9 Å². The van der Waals surface area contributed by atoms with E-state index in [2.05, 4.69) is 20.4 Å². The molecule has 1 aliphatic rings. The highest BCUT2D eigenvalue weighted by molar-refractivity contribution is 7.13. The van der Waals surface area contributed by atoms with Gasteiger partial charge in [0.05, 0.1) is 25.6 Å². The maximum Gasteiger partial charge on any atom is 0.241 e. The van der Waals surface area contributed by atoms with Gasteiger partial charge in [-0.05, 0) is 67.9 Å². The summed E-state index contributed by atoms with van der Waals surface area (Å²) in [6, 6.07) is 9.89. The number of ether oxygens (including phenoxy) is 2. The van der Waals surface area contributed by atoms with Crippen LogP contribution >= 0.6 is 11.3 Å². The highest BCUT2D eigenvalue weighted by Gasteiger charge is 2.25. The Labute approximate surface area is 197 Å². The van der Waals surface area contributed by atoms with Gasteiger partial charge in [-0.15, -0.1) is 11.3 Å². The summed E-state index contributed by atoms with van der Waals surface area (Å²) in [5.74, 6) is 2.93. The molecule has 176 valence electrons. The van der Waals surface area contributed by atoms with E-state index in [-0.39, 0.29) is 11.8 Å². The van der Waals surface area contributed by atoms with E-state index in [0.717, 1.165) is 55.1 Å². The van der Waals surface area contributed by atoms with Crippen molar-refractivity contribution < 1.29 is 18.8 Å². The van der Waals surface area contributed by atoms with Crippen molar-refractivity contribution in [2.45, 2.75) is 32.2 Å². The third kappa shape index (κ3) is 6.11. The molecule has 0 atom stereocenters. The highest BCUT2D eigenvalue weighted by atomic mass is 32.1. The number of likely N-dealkylation sites (tertiary alicyclic amines) is 1. The number of rotatable bonds is 10. The van der Waals surface area contributed by atoms with Crippen LogP contribution < -0.4 is 14.8 Å². The summed E-state index contributed by atoms with van der Waals surface area (Å²) in [5, 5.41) is 9.17. The highest BCUT2D eigenvalue weighted by Crippen LogP contribution is 2.28. The molecule has 1 fully saturated rings. The fourth-order valence-electron chi connectivity index (χ4n) is 4.05. The molecule has 33 heavy (non-hydrogen) atoms. The predicted octanol–water partition coefficient (Wildman–Crippen LogP) is 3.78. The van der Waals surface area contributed by atoms with Gasteiger partial charge in [-0.1, -0.05) is 17.3 Å². The number of methoxy groups -OCH3 is 2. The first-order valence-electron chi connectivity index (χ1n) is 11.2. The van der Waals surface area contributed by atoms with E-state index in [4.69, 9.17) is 14.0 Å². The number of aromatic nitrogens is 2. The molecule has 3 aromatic rings. The quantitative estimate of drug-likeness (QED) is 0.451. The normalized spacial score (nSPS) is 14.8. The Morgan fingerprint density at radius 1 is 1.21 bits per heavy atom. The molecule has 1 aromatic carbocycles. The van der Waals surface area contributed by atoms with Crippen LogP contribution in [0.4, 0.5) is 0 Å². The number of aryl methyl sites for hydroxylation is 1. The van der Waals surface area contributed by atoms with Crippen LogP contribution in [0, 0.1) is 5.92 Å². The second kappa shape index (κ2) is 11.3. The molecule has 1 amide bonds. The average Bonchev–Trinajstić information content (AvgIpc) is 3.54. The number of thiophene rings is 1. The summed E-state index contributed by atoms with van der Waals surface area (Å²) in [7, 11) is 3.27. The van der Waals surface area contributed by atoms with Gasteiger partial charge in [0.25, 0.3) is 0 Å². The second-order valence-corrected chi connectivity index (χ2v) is 9.07. The lowest BCUT2D eigenvalue weighted by Gasteiger charge is -2.30. The molecular formula is C24H30N4O4S. The summed E-state index contributed by atoms with van der Waals surface area (Å²) in [5.41, 5.74) is 1.17. The molecule has 9 heteroatoms. The molecule has 3 heterocycles. The molecule has 0 bridgehead atoms. The van der Waals surface area contributed by atoms with E-state index in [1.165, 1.54) is 5.56 Å². The Morgan fingerprint density at radius 2 is 2.03 bits per heavy atom. The Hall–Kier alpha value is -2.91. The minimum atomic E-state index is 0.0618. The van der Waals surface area contributed by atoms with Crippen LogP contribution in [0.3, 0.4) is 0 Å². The molecule has 2 aromatic heterocycles. The van der Waals surface area contributed by atoms with E-state index < -0.39 is 0 Å². The van der Waals surface area contributed by atoms with Crippen LogP contribution in [0.1, 0.15) is 30.7 Å². The van der Waals surface area contributed by atoms with Crippen molar-refractivity contribution in [1.29, 1.82) is 0 Å². The number of benzene rings is 1. The van der Waals surface area contributed by atoms with Crippen LogP contribution in [0.15, 0.2) is 40.2 Å². The fraction of sp³-hybridized carbons (Fsp3) is 0.458. The van der Waals surface area contributed by atoms with Crippen molar-refractivity contribution in [3.63, 3.8) is 0 Å². The molecule has 0 saturated carbocycles. The predicted molar refractivity (Wildman–Crippen MR) is 126 cm³/mol. The van der Waals surface area contributed by atoms with Crippen LogP contribution in [-0.2, 0) is 17.8 Å². The van der Waals surface area contributed by atoms with Gasteiger partial charge < -0.3 is 19.3 Å². The largest absolute Gasteiger partial charge is 0.493 e. The lowest BCUT2D eigenvalue weighted by molar-refractivity contribution is -0.126. The molecule has 1 saturated heterocycles.